The number of aliphatic hydroxyl groups is 1. The van der Waals surface area contributed by atoms with Crippen molar-refractivity contribution in [3.05, 3.63) is 47.5 Å². The Morgan fingerprint density at radius 2 is 2.00 bits per heavy atom. The molecule has 1 N–H and O–H groups in total. The van der Waals surface area contributed by atoms with Gasteiger partial charge in [0.25, 0.3) is 0 Å². The Morgan fingerprint density at radius 3 is 2.80 bits per heavy atom. The summed E-state index contributed by atoms with van der Waals surface area (Å²) in [5.74, 6) is 0.288. The van der Waals surface area contributed by atoms with Crippen LogP contribution in [0.4, 0.5) is 0 Å². The van der Waals surface area contributed by atoms with E-state index in [1.165, 1.54) is 5.56 Å². The Balaban J connectivity index is 1.76. The minimum absolute atomic E-state index is 0.0200. The van der Waals surface area contributed by atoms with Gasteiger partial charge in [-0.05, 0) is 11.1 Å². The highest BCUT2D eigenvalue weighted by atomic mass is 16.5. The lowest BCUT2D eigenvalue weighted by Crippen LogP contribution is -2.36. The molecule has 2 unspecified atom stereocenters. The highest BCUT2D eigenvalue weighted by Gasteiger charge is 2.35. The molecule has 0 spiro atoms. The maximum Gasteiger partial charge on any atom is 0.234 e. The number of carbonyl (C=O) groups excluding carboxylic acids is 1. The molecule has 2 aliphatic heterocycles. The maximum absolute atomic E-state index is 12.6. The first kappa shape index (κ1) is 13.3. The smallest absolute Gasteiger partial charge is 0.234 e. The summed E-state index contributed by atoms with van der Waals surface area (Å²) >= 11 is 0. The zero-order chi connectivity index (χ0) is 13.9. The molecule has 4 nitrogen and oxygen atoms in total. The van der Waals surface area contributed by atoms with Crippen LogP contribution < -0.4 is 0 Å². The Morgan fingerprint density at radius 1 is 1.20 bits per heavy atom. The number of fused-ring (bicyclic) bond motifs is 2. The van der Waals surface area contributed by atoms with Crippen molar-refractivity contribution in [3.8, 4) is 0 Å². The Labute approximate surface area is 118 Å². The molecule has 1 amide bonds. The van der Waals surface area contributed by atoms with Crippen molar-refractivity contribution in [1.29, 1.82) is 0 Å². The molecule has 0 saturated heterocycles. The molecule has 4 rings (SSSR count). The number of amides is 1. The molecule has 3 aliphatic rings. The highest BCUT2D eigenvalue weighted by Crippen LogP contribution is 2.38. The van der Waals surface area contributed by atoms with Gasteiger partial charge in [-0.25, -0.2) is 0 Å². The number of benzene rings is 1. The third-order valence-corrected chi connectivity index (χ3v) is 4.00. The summed E-state index contributed by atoms with van der Waals surface area (Å²) in [4.78, 5) is 14.5. The predicted octanol–water partition coefficient (Wildman–Crippen LogP) is 1.27. The van der Waals surface area contributed by atoms with Crippen molar-refractivity contribution in [2.75, 3.05) is 32.9 Å². The number of hydrogen-bond donors (Lipinski definition) is 1. The molecule has 2 atom stereocenters. The standard InChI is InChI=1S/C16H19NO3/c18-8-10-20-9-7-17-11-12-5-6-15(16(17)19)14-4-2-1-3-13(12)14/h1-6,12,15,18H,7-11H2. The van der Waals surface area contributed by atoms with Gasteiger partial charge in [0.15, 0.2) is 0 Å². The lowest BCUT2D eigenvalue weighted by atomic mass is 9.83. The highest BCUT2D eigenvalue weighted by molar-refractivity contribution is 5.88. The maximum atomic E-state index is 12.6. The van der Waals surface area contributed by atoms with Gasteiger partial charge in [-0.2, -0.15) is 0 Å². The summed E-state index contributed by atoms with van der Waals surface area (Å²) in [6.45, 7) is 2.12. The van der Waals surface area contributed by atoms with Crippen LogP contribution in [-0.2, 0) is 9.53 Å². The molecule has 4 heteroatoms. The average Bonchev–Trinajstić information content (AvgIpc) is 2.71. The fourth-order valence-electron chi connectivity index (χ4n) is 3.03. The summed E-state index contributed by atoms with van der Waals surface area (Å²) in [7, 11) is 0. The third-order valence-electron chi connectivity index (χ3n) is 4.00. The van der Waals surface area contributed by atoms with Crippen molar-refractivity contribution in [1.82, 2.24) is 4.90 Å². The molecule has 2 bridgehead atoms. The fraction of sp³-hybridized carbons (Fsp3) is 0.438. The van der Waals surface area contributed by atoms with Gasteiger partial charge in [-0.15, -0.1) is 0 Å². The van der Waals surface area contributed by atoms with Crippen LogP contribution in [0.3, 0.4) is 0 Å². The second-order valence-corrected chi connectivity index (χ2v) is 5.22. The van der Waals surface area contributed by atoms with Crippen LogP contribution in [0.1, 0.15) is 23.0 Å². The monoisotopic (exact) mass is 273 g/mol. The molecule has 2 heterocycles. The third kappa shape index (κ3) is 2.37. The van der Waals surface area contributed by atoms with Crippen LogP contribution in [0.15, 0.2) is 36.4 Å². The Bertz CT molecular complexity index is 526. The summed E-state index contributed by atoms with van der Waals surface area (Å²) in [6, 6.07) is 8.21. The van der Waals surface area contributed by atoms with E-state index in [4.69, 9.17) is 9.84 Å². The largest absolute Gasteiger partial charge is 0.394 e. The SMILES string of the molecule is O=C1C2C=CC(CN1CCOCCO)c1ccccc12. The van der Waals surface area contributed by atoms with Crippen LogP contribution in [0.25, 0.3) is 0 Å². The molecule has 1 aromatic rings. The molecule has 1 aliphatic carbocycles. The van der Waals surface area contributed by atoms with Crippen LogP contribution in [0.2, 0.25) is 0 Å². The van der Waals surface area contributed by atoms with Crippen molar-refractivity contribution in [3.63, 3.8) is 0 Å². The van der Waals surface area contributed by atoms with E-state index in [0.29, 0.717) is 26.3 Å². The van der Waals surface area contributed by atoms with E-state index >= 15 is 0 Å². The van der Waals surface area contributed by atoms with Crippen LogP contribution in [-0.4, -0.2) is 48.8 Å². The summed E-state index contributed by atoms with van der Waals surface area (Å²) in [5, 5.41) is 8.70. The Kier molecular flexibility index (Phi) is 3.85. The molecule has 0 fully saturated rings. The molecule has 20 heavy (non-hydrogen) atoms. The molecular formula is C16H19NO3. The number of hydrogen-bond acceptors (Lipinski definition) is 3. The van der Waals surface area contributed by atoms with Gasteiger partial charge in [0.1, 0.15) is 0 Å². The normalized spacial score (nSPS) is 23.9. The Hall–Kier alpha value is -1.65. The summed E-state index contributed by atoms with van der Waals surface area (Å²) in [5.41, 5.74) is 2.41. The second-order valence-electron chi connectivity index (χ2n) is 5.22. The van der Waals surface area contributed by atoms with E-state index in [1.807, 2.05) is 23.1 Å². The van der Waals surface area contributed by atoms with E-state index in [-0.39, 0.29) is 24.3 Å². The zero-order valence-corrected chi connectivity index (χ0v) is 11.4. The topological polar surface area (TPSA) is 49.8 Å². The van der Waals surface area contributed by atoms with E-state index in [2.05, 4.69) is 18.2 Å². The molecule has 0 saturated carbocycles. The number of rotatable bonds is 5. The van der Waals surface area contributed by atoms with Crippen molar-refractivity contribution in [2.24, 2.45) is 0 Å². The van der Waals surface area contributed by atoms with E-state index in [0.717, 1.165) is 5.56 Å². The van der Waals surface area contributed by atoms with Crippen LogP contribution >= 0.6 is 0 Å². The minimum atomic E-state index is -0.150. The van der Waals surface area contributed by atoms with E-state index in [1.54, 1.807) is 0 Å². The van der Waals surface area contributed by atoms with Gasteiger partial charge in [0, 0.05) is 19.0 Å². The number of ether oxygens (including phenoxy) is 1. The van der Waals surface area contributed by atoms with Crippen molar-refractivity contribution < 1.29 is 14.6 Å². The van der Waals surface area contributed by atoms with Crippen molar-refractivity contribution >= 4 is 5.91 Å². The van der Waals surface area contributed by atoms with Gasteiger partial charge >= 0.3 is 0 Å². The van der Waals surface area contributed by atoms with Gasteiger partial charge in [-0.3, -0.25) is 4.79 Å². The first-order valence-corrected chi connectivity index (χ1v) is 7.06. The molecular weight excluding hydrogens is 254 g/mol. The average molecular weight is 273 g/mol. The molecule has 1 aromatic carbocycles. The number of carbonyl (C=O) groups is 1. The molecule has 0 radical (unpaired) electrons. The zero-order valence-electron chi connectivity index (χ0n) is 11.4. The van der Waals surface area contributed by atoms with Crippen LogP contribution in [0, 0.1) is 0 Å². The molecule has 0 aromatic heterocycles. The van der Waals surface area contributed by atoms with E-state index < -0.39 is 0 Å². The molecule has 106 valence electrons. The van der Waals surface area contributed by atoms with Crippen molar-refractivity contribution in [2.45, 2.75) is 11.8 Å². The fourth-order valence-corrected chi connectivity index (χ4v) is 3.03. The quantitative estimate of drug-likeness (QED) is 0.649. The van der Waals surface area contributed by atoms with E-state index in [9.17, 15) is 4.79 Å². The predicted molar refractivity (Wildman–Crippen MR) is 75.5 cm³/mol. The lowest BCUT2D eigenvalue weighted by molar-refractivity contribution is -0.132. The second kappa shape index (κ2) is 5.77. The van der Waals surface area contributed by atoms with Gasteiger partial charge in [0.05, 0.1) is 25.7 Å². The first-order chi connectivity index (χ1) is 9.81. The van der Waals surface area contributed by atoms with Gasteiger partial charge < -0.3 is 14.7 Å². The number of aliphatic hydroxyl groups excluding tert-OH is 1. The summed E-state index contributed by atoms with van der Waals surface area (Å²) in [6.07, 6.45) is 4.18. The number of nitrogens with zero attached hydrogens (tertiary/aromatic N) is 1. The summed E-state index contributed by atoms with van der Waals surface area (Å²) < 4.78 is 5.28. The van der Waals surface area contributed by atoms with Crippen LogP contribution in [0.5, 0.6) is 0 Å². The minimum Gasteiger partial charge on any atom is -0.394 e. The first-order valence-electron chi connectivity index (χ1n) is 7.06. The lowest BCUT2D eigenvalue weighted by Gasteiger charge is -2.22. The van der Waals surface area contributed by atoms with Gasteiger partial charge in [0.2, 0.25) is 5.91 Å². The van der Waals surface area contributed by atoms with Gasteiger partial charge in [-0.1, -0.05) is 36.4 Å².